The lowest BCUT2D eigenvalue weighted by Crippen LogP contribution is -2.82. The van der Waals surface area contributed by atoms with Crippen LogP contribution in [0.1, 0.15) is 139 Å². The Morgan fingerprint density at radius 3 is 2.45 bits per heavy atom. The van der Waals surface area contributed by atoms with Crippen molar-refractivity contribution in [1.29, 1.82) is 0 Å². The van der Waals surface area contributed by atoms with E-state index in [1.165, 1.54) is 25.7 Å². The van der Waals surface area contributed by atoms with Gasteiger partial charge in [0, 0.05) is 52.7 Å². The molecule has 13 rings (SSSR count). The van der Waals surface area contributed by atoms with Gasteiger partial charge in [-0.2, -0.15) is 0 Å². The summed E-state index contributed by atoms with van der Waals surface area (Å²) in [6, 6.07) is 5.60. The third-order valence-electron chi connectivity index (χ3n) is 22.8. The zero-order chi connectivity index (χ0) is 45.6. The van der Waals surface area contributed by atoms with Crippen LogP contribution in [0.25, 0.3) is 0 Å². The predicted octanol–water partition coefficient (Wildman–Crippen LogP) is 5.85. The number of hydrogen-bond acceptors (Lipinski definition) is 10. The number of carbonyl (C=O) groups is 2. The second-order valence-electron chi connectivity index (χ2n) is 24.2. The summed E-state index contributed by atoms with van der Waals surface area (Å²) in [6.45, 7) is -0.484. The molecule has 12 aliphatic rings. The van der Waals surface area contributed by atoms with Crippen LogP contribution in [0.2, 0.25) is 0 Å². The van der Waals surface area contributed by atoms with E-state index >= 15 is 0 Å². The Labute approximate surface area is 390 Å². The van der Waals surface area contributed by atoms with E-state index in [0.717, 1.165) is 55.1 Å². The fourth-order valence-corrected chi connectivity index (χ4v) is 20.4. The summed E-state index contributed by atoms with van der Waals surface area (Å²) >= 11 is 0. The first-order valence-corrected chi connectivity index (χ1v) is 26.2. The number of hydrogen-bond donors (Lipinski definition) is 7. The molecule has 8 saturated carbocycles. The molecule has 0 unspecified atom stereocenters. The number of fused-ring (bicyclic) bond motifs is 7. The summed E-state index contributed by atoms with van der Waals surface area (Å²) in [4.78, 5) is 28.7. The van der Waals surface area contributed by atoms with E-state index in [4.69, 9.17) is 4.74 Å². The van der Waals surface area contributed by atoms with Gasteiger partial charge in [-0.25, -0.2) is 4.79 Å². The molecule has 0 saturated heterocycles. The van der Waals surface area contributed by atoms with Gasteiger partial charge in [-0.05, 0) is 154 Å². The van der Waals surface area contributed by atoms with Crippen molar-refractivity contribution in [2.75, 3.05) is 13.7 Å². The van der Waals surface area contributed by atoms with Crippen LogP contribution in [0.4, 0.5) is 0 Å². The molecule has 4 bridgehead atoms. The summed E-state index contributed by atoms with van der Waals surface area (Å²) in [5.74, 6) is 5.29. The number of aldehydes is 1. The van der Waals surface area contributed by atoms with Gasteiger partial charge >= 0.3 is 5.97 Å². The van der Waals surface area contributed by atoms with Crippen LogP contribution in [-0.2, 0) is 27.4 Å². The lowest BCUT2D eigenvalue weighted by molar-refractivity contribution is -0.358. The number of aliphatic hydroxyl groups is 6. The van der Waals surface area contributed by atoms with E-state index in [2.05, 4.69) is 29.3 Å². The quantitative estimate of drug-likeness (QED) is 0.0822. The fraction of sp³-hybridized carbons (Fsp3) is 0.750. The van der Waals surface area contributed by atoms with Crippen LogP contribution < -0.4 is 5.32 Å². The average Bonchev–Trinajstić information content (AvgIpc) is 4.13. The molecule has 17 atom stereocenters. The van der Waals surface area contributed by atoms with E-state index < -0.39 is 74.4 Å². The Morgan fingerprint density at radius 2 is 1.71 bits per heavy atom. The van der Waals surface area contributed by atoms with Crippen LogP contribution in [0.15, 0.2) is 42.0 Å². The zero-order valence-electron chi connectivity index (χ0n) is 38.9. The van der Waals surface area contributed by atoms with E-state index in [9.17, 15) is 40.2 Å². The Morgan fingerprint density at radius 1 is 0.924 bits per heavy atom. The highest BCUT2D eigenvalue weighted by Crippen LogP contribution is 2.82. The van der Waals surface area contributed by atoms with Crippen molar-refractivity contribution in [3.63, 3.8) is 0 Å². The number of allylic oxidation sites excluding steroid dienone is 2. The normalized spacial score (nSPS) is 49.5. The predicted molar refractivity (Wildman–Crippen MR) is 246 cm³/mol. The van der Waals surface area contributed by atoms with Gasteiger partial charge in [0.1, 0.15) is 18.0 Å². The largest absolute Gasteiger partial charge is 0.454 e. The standard InChI is InChI=1S/C56H73NO9/c1-57-45-25-40-34(13-8-15-36(40)29-58)12-4-5-20-52-21-17-46-51(31-59)30-50(18-6-7-19-50)49(62)44-22-35-14-9-16-39(33-10-2-3-11-33)41(35)24-38(56(44,51)65)27-54(46,63)55(52,64)28-37-23-42(45)48-43(26-47(61)66-48)53(37,52)32-60/h8-9,13-15,26,31,33,35,37-39,41-42,44-46,48-49,57-58,60,62-65H,2-3,5-7,10-11,16-25,27-30,32H2,1H3/t35-,37-,38+,39-,41-,42-,44-,45+,46-,48+,49-,51+,52-,53-,54+,55-,56+/m1/s1. The second kappa shape index (κ2) is 15.3. The van der Waals surface area contributed by atoms with Gasteiger partial charge in [0.05, 0.1) is 35.9 Å². The summed E-state index contributed by atoms with van der Waals surface area (Å²) in [7, 11) is 1.91. The number of benzene rings is 1. The number of aliphatic hydroxyl groups excluding tert-OH is 3. The molecule has 1 aromatic carbocycles. The number of carbonyl (C=O) groups excluding carboxylic acids is 2. The smallest absolute Gasteiger partial charge is 0.331 e. The number of nitrogens with one attached hydrogen (secondary N) is 1. The van der Waals surface area contributed by atoms with Gasteiger partial charge in [0.2, 0.25) is 0 Å². The third-order valence-corrected chi connectivity index (χ3v) is 22.8. The summed E-state index contributed by atoms with van der Waals surface area (Å²) in [6.07, 6.45) is 19.3. The molecule has 7 N–H and O–H groups in total. The van der Waals surface area contributed by atoms with Gasteiger partial charge < -0.3 is 45.5 Å². The van der Waals surface area contributed by atoms with Gasteiger partial charge in [-0.15, -0.1) is 0 Å². The van der Waals surface area contributed by atoms with Crippen LogP contribution >= 0.6 is 0 Å². The lowest BCUT2D eigenvalue weighted by atomic mass is 9.33. The van der Waals surface area contributed by atoms with Gasteiger partial charge in [0.15, 0.2) is 0 Å². The first-order valence-electron chi connectivity index (χ1n) is 26.2. The molecule has 0 radical (unpaired) electrons. The molecular formula is C56H73NO9. The minimum absolute atomic E-state index is 0.0975. The Hall–Kier alpha value is -2.88. The molecule has 0 aromatic heterocycles. The number of ether oxygens (including phenoxy) is 1. The van der Waals surface area contributed by atoms with E-state index in [0.29, 0.717) is 68.8 Å². The highest BCUT2D eigenvalue weighted by atomic mass is 16.5. The topological polar surface area (TPSA) is 177 Å². The van der Waals surface area contributed by atoms with Crippen LogP contribution in [0, 0.1) is 86.8 Å². The highest BCUT2D eigenvalue weighted by Gasteiger charge is 2.87. The van der Waals surface area contributed by atoms with Crippen LogP contribution in [0.5, 0.6) is 0 Å². The molecule has 66 heavy (non-hydrogen) atoms. The molecule has 10 nitrogen and oxygen atoms in total. The van der Waals surface area contributed by atoms with E-state index in [-0.39, 0.29) is 62.2 Å². The van der Waals surface area contributed by atoms with Crippen molar-refractivity contribution in [3.05, 3.63) is 58.7 Å². The van der Waals surface area contributed by atoms with Crippen molar-refractivity contribution >= 4 is 12.3 Å². The second-order valence-corrected chi connectivity index (χ2v) is 24.2. The maximum absolute atomic E-state index is 14.9. The third kappa shape index (κ3) is 5.35. The number of esters is 1. The zero-order valence-corrected chi connectivity index (χ0v) is 38.9. The summed E-state index contributed by atoms with van der Waals surface area (Å²) in [5, 5.41) is 82.8. The Kier molecular flexibility index (Phi) is 10.3. The molecule has 10 heteroatoms. The van der Waals surface area contributed by atoms with Crippen LogP contribution in [-0.4, -0.2) is 91.6 Å². The first-order chi connectivity index (χ1) is 31.8. The molecule has 1 aromatic rings. The van der Waals surface area contributed by atoms with E-state index in [1.807, 2.05) is 25.2 Å². The SMILES string of the molecule is CN[C@H]1Cc2c(cccc2CO)C#CCC[C@]23CC[C@H]4[C@@](O)(C[C@@H]5C[C@@H]6[C@H](C=CC[C@@H]6C6CCCC6)C[C@@H]6[C@@H](O)C7(CCCC7)C[C@@]4(C=O)[C@]56O)[C@@]2(O)C[C@H]2C[C@H]1[C@@H]1OC(=O)C=C1[C@@]23CO. The van der Waals surface area contributed by atoms with Gasteiger partial charge in [0.25, 0.3) is 0 Å². The Bertz CT molecular complexity index is 2290. The minimum Gasteiger partial charge on any atom is -0.454 e. The van der Waals surface area contributed by atoms with Crippen molar-refractivity contribution in [2.45, 2.75) is 170 Å². The van der Waals surface area contributed by atoms with Crippen molar-refractivity contribution in [2.24, 2.45) is 74.9 Å². The summed E-state index contributed by atoms with van der Waals surface area (Å²) in [5.41, 5.74) is -6.34. The van der Waals surface area contributed by atoms with Gasteiger partial charge in [-0.1, -0.05) is 74.7 Å². The Balaban J connectivity index is 1.06. The molecule has 2 spiro atoms. The molecule has 1 aliphatic heterocycles. The fourth-order valence-electron chi connectivity index (χ4n) is 20.4. The summed E-state index contributed by atoms with van der Waals surface area (Å²) < 4.78 is 6.34. The van der Waals surface area contributed by atoms with Gasteiger partial charge in [-0.3, -0.25) is 0 Å². The van der Waals surface area contributed by atoms with Crippen molar-refractivity contribution in [1.82, 2.24) is 5.32 Å². The highest BCUT2D eigenvalue weighted by molar-refractivity contribution is 5.87. The molecule has 8 fully saturated rings. The maximum Gasteiger partial charge on any atom is 0.331 e. The molecule has 0 amide bonds. The number of rotatable bonds is 5. The van der Waals surface area contributed by atoms with Crippen molar-refractivity contribution < 1.29 is 45.0 Å². The van der Waals surface area contributed by atoms with E-state index in [1.54, 1.807) is 6.08 Å². The minimum atomic E-state index is -1.85. The monoisotopic (exact) mass is 904 g/mol. The number of likely N-dealkylation sites (N-methyl/N-ethyl adjacent to an activating group) is 1. The lowest BCUT2D eigenvalue weighted by Gasteiger charge is -2.74. The molecule has 11 aliphatic carbocycles. The van der Waals surface area contributed by atoms with Crippen molar-refractivity contribution in [3.8, 4) is 11.8 Å². The first kappa shape index (κ1) is 44.3. The molecule has 356 valence electrons. The molecular weight excluding hydrogens is 831 g/mol. The average molecular weight is 904 g/mol. The maximum atomic E-state index is 14.9. The molecule has 1 heterocycles. The van der Waals surface area contributed by atoms with Crippen LogP contribution in [0.3, 0.4) is 0 Å².